The second-order valence-corrected chi connectivity index (χ2v) is 7.16. The molecule has 2 aromatic rings. The summed E-state index contributed by atoms with van der Waals surface area (Å²) in [5.74, 6) is -2.70. The van der Waals surface area contributed by atoms with Crippen molar-refractivity contribution in [2.24, 2.45) is 0 Å². The lowest BCUT2D eigenvalue weighted by Crippen LogP contribution is -2.15. The van der Waals surface area contributed by atoms with Crippen molar-refractivity contribution >= 4 is 49.2 Å². The molecule has 0 aliphatic carbocycles. The molecule has 0 aliphatic heterocycles. The van der Waals surface area contributed by atoms with E-state index in [0.717, 1.165) is 0 Å². The first-order valence-electron chi connectivity index (χ1n) is 5.71. The predicted molar refractivity (Wildman–Crippen MR) is 83.3 cm³/mol. The maximum Gasteiger partial charge on any atom is 0.338 e. The maximum absolute atomic E-state index is 13.5. The van der Waals surface area contributed by atoms with Gasteiger partial charge in [0.05, 0.1) is 10.6 Å². The van der Waals surface area contributed by atoms with Crippen molar-refractivity contribution in [3.63, 3.8) is 0 Å². The second-order valence-electron chi connectivity index (χ2n) is 4.18. The molecular formula is C13H8BrClFNO4S. The van der Waals surface area contributed by atoms with Crippen LogP contribution in [0.1, 0.15) is 10.4 Å². The van der Waals surface area contributed by atoms with E-state index < -0.39 is 37.3 Å². The lowest BCUT2D eigenvalue weighted by atomic mass is 10.2. The van der Waals surface area contributed by atoms with E-state index in [0.29, 0.717) is 16.6 Å². The first kappa shape index (κ1) is 16.7. The number of nitrogens with one attached hydrogen (secondary N) is 1. The van der Waals surface area contributed by atoms with E-state index in [9.17, 15) is 17.6 Å². The highest BCUT2D eigenvalue weighted by atomic mass is 79.9. The average molecular weight is 409 g/mol. The van der Waals surface area contributed by atoms with Crippen molar-refractivity contribution in [3.8, 4) is 0 Å². The lowest BCUT2D eigenvalue weighted by Gasteiger charge is -2.11. The molecule has 2 rings (SSSR count). The third-order valence-corrected chi connectivity index (χ3v) is 4.96. The Labute approximate surface area is 138 Å². The summed E-state index contributed by atoms with van der Waals surface area (Å²) in [6.07, 6.45) is 0. The first-order valence-corrected chi connectivity index (χ1v) is 8.37. The third kappa shape index (κ3) is 3.57. The molecule has 5 nitrogen and oxygen atoms in total. The molecule has 0 aromatic heterocycles. The molecule has 9 heteroatoms. The van der Waals surface area contributed by atoms with Crippen LogP contribution in [0.5, 0.6) is 0 Å². The molecule has 0 fully saturated rings. The summed E-state index contributed by atoms with van der Waals surface area (Å²) < 4.78 is 40.9. The highest BCUT2D eigenvalue weighted by Crippen LogP contribution is 2.27. The fourth-order valence-electron chi connectivity index (χ4n) is 1.66. The van der Waals surface area contributed by atoms with Crippen LogP contribution in [0.4, 0.5) is 10.1 Å². The number of rotatable bonds is 4. The van der Waals surface area contributed by atoms with Crippen molar-refractivity contribution in [3.05, 3.63) is 57.3 Å². The Morgan fingerprint density at radius 3 is 2.55 bits per heavy atom. The van der Waals surface area contributed by atoms with Crippen molar-refractivity contribution in [2.75, 3.05) is 4.72 Å². The molecular weight excluding hydrogens is 401 g/mol. The van der Waals surface area contributed by atoms with Gasteiger partial charge in [0, 0.05) is 10.2 Å². The van der Waals surface area contributed by atoms with E-state index in [2.05, 4.69) is 20.7 Å². The molecule has 0 atom stereocenters. The maximum atomic E-state index is 13.5. The molecule has 0 spiro atoms. The van der Waals surface area contributed by atoms with E-state index >= 15 is 0 Å². The zero-order valence-electron chi connectivity index (χ0n) is 10.7. The Morgan fingerprint density at radius 1 is 1.27 bits per heavy atom. The van der Waals surface area contributed by atoms with Gasteiger partial charge in [0.2, 0.25) is 0 Å². The first-order chi connectivity index (χ1) is 10.2. The summed E-state index contributed by atoms with van der Waals surface area (Å²) >= 11 is 8.92. The minimum atomic E-state index is -4.17. The van der Waals surface area contributed by atoms with Gasteiger partial charge in [0.25, 0.3) is 10.0 Å². The minimum Gasteiger partial charge on any atom is -0.478 e. The molecule has 0 aliphatic rings. The molecule has 0 amide bonds. The molecule has 2 aromatic carbocycles. The van der Waals surface area contributed by atoms with E-state index in [-0.39, 0.29) is 5.69 Å². The standard InChI is InChI=1S/C13H8BrClFNO4S/c14-7-2-1-3-8(4-7)17-22(20,21)12-5-9(13(18)19)11(16)6-10(12)15/h1-6,17H,(H,18,19). The molecule has 0 saturated carbocycles. The summed E-state index contributed by atoms with van der Waals surface area (Å²) in [5.41, 5.74) is -0.536. The van der Waals surface area contributed by atoms with Crippen LogP contribution in [-0.4, -0.2) is 19.5 Å². The van der Waals surface area contributed by atoms with Crippen LogP contribution in [0.3, 0.4) is 0 Å². The van der Waals surface area contributed by atoms with Gasteiger partial charge in [-0.25, -0.2) is 17.6 Å². The Morgan fingerprint density at radius 2 is 1.95 bits per heavy atom. The summed E-state index contributed by atoms with van der Waals surface area (Å²) in [4.78, 5) is 10.4. The van der Waals surface area contributed by atoms with Gasteiger partial charge in [0.1, 0.15) is 10.7 Å². The Kier molecular flexibility index (Phi) is 4.74. The normalized spacial score (nSPS) is 11.2. The van der Waals surface area contributed by atoms with E-state index in [1.54, 1.807) is 12.1 Å². The van der Waals surface area contributed by atoms with Gasteiger partial charge >= 0.3 is 5.97 Å². The molecule has 0 radical (unpaired) electrons. The highest BCUT2D eigenvalue weighted by molar-refractivity contribution is 9.10. The SMILES string of the molecule is O=C(O)c1cc(S(=O)(=O)Nc2cccc(Br)c2)c(Cl)cc1F. The van der Waals surface area contributed by atoms with Crippen LogP contribution in [0, 0.1) is 5.82 Å². The van der Waals surface area contributed by atoms with Crippen molar-refractivity contribution in [1.82, 2.24) is 0 Å². The van der Waals surface area contributed by atoms with Crippen LogP contribution < -0.4 is 4.72 Å². The number of anilines is 1. The van der Waals surface area contributed by atoms with E-state index in [1.165, 1.54) is 12.1 Å². The molecule has 0 bridgehead atoms. The molecule has 116 valence electrons. The second kappa shape index (κ2) is 6.23. The highest BCUT2D eigenvalue weighted by Gasteiger charge is 2.23. The fourth-order valence-corrected chi connectivity index (χ4v) is 3.65. The van der Waals surface area contributed by atoms with Gasteiger partial charge in [-0.15, -0.1) is 0 Å². The number of aromatic carboxylic acids is 1. The quantitative estimate of drug-likeness (QED) is 0.807. The topological polar surface area (TPSA) is 83.5 Å². The van der Waals surface area contributed by atoms with E-state index in [1.807, 2.05) is 0 Å². The van der Waals surface area contributed by atoms with Crippen molar-refractivity contribution in [2.45, 2.75) is 4.90 Å². The number of benzene rings is 2. The lowest BCUT2D eigenvalue weighted by molar-refractivity contribution is 0.0691. The molecule has 0 unspecified atom stereocenters. The van der Waals surface area contributed by atoms with Gasteiger partial charge in [0.15, 0.2) is 0 Å². The number of carboxylic acids is 1. The zero-order valence-corrected chi connectivity index (χ0v) is 13.8. The van der Waals surface area contributed by atoms with Crippen LogP contribution >= 0.6 is 27.5 Å². The van der Waals surface area contributed by atoms with Gasteiger partial charge in [-0.2, -0.15) is 0 Å². The minimum absolute atomic E-state index is 0.242. The molecule has 2 N–H and O–H groups in total. The van der Waals surface area contributed by atoms with Crippen molar-refractivity contribution < 1.29 is 22.7 Å². The van der Waals surface area contributed by atoms with Gasteiger partial charge < -0.3 is 5.11 Å². The number of halogens is 3. The van der Waals surface area contributed by atoms with Crippen LogP contribution in [0.15, 0.2) is 45.8 Å². The zero-order chi connectivity index (χ0) is 16.5. The van der Waals surface area contributed by atoms with Crippen molar-refractivity contribution in [1.29, 1.82) is 0 Å². The van der Waals surface area contributed by atoms with Crippen LogP contribution in [0.2, 0.25) is 5.02 Å². The molecule has 0 saturated heterocycles. The van der Waals surface area contributed by atoms with Gasteiger partial charge in [-0.05, 0) is 30.3 Å². The van der Waals surface area contributed by atoms with E-state index in [4.69, 9.17) is 16.7 Å². The fraction of sp³-hybridized carbons (Fsp3) is 0. The Hall–Kier alpha value is -1.64. The summed E-state index contributed by atoms with van der Waals surface area (Å²) in [7, 11) is -4.17. The third-order valence-electron chi connectivity index (χ3n) is 2.62. The Balaban J connectivity index is 2.50. The van der Waals surface area contributed by atoms with Crippen LogP contribution in [-0.2, 0) is 10.0 Å². The predicted octanol–water partition coefficient (Wildman–Crippen LogP) is 3.74. The largest absolute Gasteiger partial charge is 0.478 e. The monoisotopic (exact) mass is 407 g/mol. The average Bonchev–Trinajstić information content (AvgIpc) is 2.37. The number of sulfonamides is 1. The van der Waals surface area contributed by atoms with Crippen LogP contribution in [0.25, 0.3) is 0 Å². The van der Waals surface area contributed by atoms with Gasteiger partial charge in [-0.3, -0.25) is 4.72 Å². The summed E-state index contributed by atoms with van der Waals surface area (Å²) in [5, 5.41) is 8.46. The molecule has 0 heterocycles. The Bertz CT molecular complexity index is 857. The van der Waals surface area contributed by atoms with Gasteiger partial charge in [-0.1, -0.05) is 33.6 Å². The summed E-state index contributed by atoms with van der Waals surface area (Å²) in [6, 6.07) is 7.65. The number of hydrogen-bond acceptors (Lipinski definition) is 3. The number of hydrogen-bond donors (Lipinski definition) is 2. The summed E-state index contributed by atoms with van der Waals surface area (Å²) in [6.45, 7) is 0. The molecule has 22 heavy (non-hydrogen) atoms. The smallest absolute Gasteiger partial charge is 0.338 e. The number of carbonyl (C=O) groups is 1. The number of carboxylic acid groups (broad SMARTS) is 1.